The third kappa shape index (κ3) is 3.00. The van der Waals surface area contributed by atoms with Gasteiger partial charge in [-0.1, -0.05) is 18.1 Å². The van der Waals surface area contributed by atoms with Crippen LogP contribution in [0, 0.1) is 6.92 Å². The average Bonchev–Trinajstić information content (AvgIpc) is 3.05. The molecule has 1 aromatic carbocycles. The highest BCUT2D eigenvalue weighted by Gasteiger charge is 2.24. The third-order valence-electron chi connectivity index (χ3n) is 3.39. The van der Waals surface area contributed by atoms with Gasteiger partial charge >= 0.3 is 0 Å². The van der Waals surface area contributed by atoms with Gasteiger partial charge in [-0.25, -0.2) is 0 Å². The van der Waals surface area contributed by atoms with E-state index in [-0.39, 0.29) is 12.5 Å². The van der Waals surface area contributed by atoms with E-state index in [9.17, 15) is 0 Å². The minimum atomic E-state index is -0.293. The van der Waals surface area contributed by atoms with Gasteiger partial charge in [0.05, 0.1) is 11.4 Å². The number of hydrogen-bond acceptors (Lipinski definition) is 6. The van der Waals surface area contributed by atoms with Crippen LogP contribution in [0.25, 0.3) is 0 Å². The summed E-state index contributed by atoms with van der Waals surface area (Å²) in [6, 6.07) is 6.19. The van der Waals surface area contributed by atoms with Crippen LogP contribution in [0.15, 0.2) is 22.7 Å². The Balaban J connectivity index is 1.62. The molecule has 0 radical (unpaired) electrons. The first-order chi connectivity index (χ1) is 10.2. The topological polar surface area (TPSA) is 72.2 Å². The predicted molar refractivity (Wildman–Crippen MR) is 80.0 cm³/mol. The van der Waals surface area contributed by atoms with Crippen molar-refractivity contribution in [2.24, 2.45) is 0 Å². The van der Waals surface area contributed by atoms with E-state index in [0.717, 1.165) is 30.0 Å². The van der Waals surface area contributed by atoms with Gasteiger partial charge in [0.25, 0.3) is 5.89 Å². The number of aromatic nitrogens is 2. The van der Waals surface area contributed by atoms with Crippen LogP contribution in [-0.2, 0) is 11.2 Å². The Morgan fingerprint density at radius 1 is 1.33 bits per heavy atom. The van der Waals surface area contributed by atoms with Crippen molar-refractivity contribution in [2.45, 2.75) is 46.1 Å². The van der Waals surface area contributed by atoms with Crippen molar-refractivity contribution < 1.29 is 9.26 Å². The normalized spacial score (nSPS) is 18.0. The molecule has 6 nitrogen and oxygen atoms in total. The Kier molecular flexibility index (Phi) is 3.79. The summed E-state index contributed by atoms with van der Waals surface area (Å²) < 4.78 is 11.1. The quantitative estimate of drug-likeness (QED) is 0.880. The van der Waals surface area contributed by atoms with Gasteiger partial charge in [0.2, 0.25) is 6.35 Å². The van der Waals surface area contributed by atoms with E-state index >= 15 is 0 Å². The molecule has 21 heavy (non-hydrogen) atoms. The van der Waals surface area contributed by atoms with Gasteiger partial charge in [-0.3, -0.25) is 0 Å². The molecule has 2 aromatic rings. The Bertz CT molecular complexity index is 626. The smallest absolute Gasteiger partial charge is 0.255 e. The van der Waals surface area contributed by atoms with Crippen LogP contribution in [0.3, 0.4) is 0 Å². The second-order valence-corrected chi connectivity index (χ2v) is 5.29. The van der Waals surface area contributed by atoms with E-state index in [4.69, 9.17) is 9.26 Å². The molecule has 2 heterocycles. The summed E-state index contributed by atoms with van der Waals surface area (Å²) in [4.78, 5) is 4.35. The van der Waals surface area contributed by atoms with Crippen LogP contribution < -0.4 is 10.6 Å². The third-order valence-corrected chi connectivity index (χ3v) is 3.39. The Labute approximate surface area is 123 Å². The second-order valence-electron chi connectivity index (χ2n) is 5.29. The Morgan fingerprint density at radius 3 is 2.95 bits per heavy atom. The number of rotatable bonds is 5. The van der Waals surface area contributed by atoms with Crippen molar-refractivity contribution in [2.75, 3.05) is 10.6 Å². The molecule has 0 saturated heterocycles. The molecule has 0 spiro atoms. The summed E-state index contributed by atoms with van der Waals surface area (Å²) in [5, 5.41) is 10.5. The lowest BCUT2D eigenvalue weighted by Gasteiger charge is -2.16. The number of aryl methyl sites for hydroxylation is 2. The highest BCUT2D eigenvalue weighted by Crippen LogP contribution is 2.31. The van der Waals surface area contributed by atoms with Crippen LogP contribution in [-0.4, -0.2) is 16.5 Å². The van der Waals surface area contributed by atoms with Gasteiger partial charge in [0.1, 0.15) is 6.10 Å². The van der Waals surface area contributed by atoms with Crippen molar-refractivity contribution in [3.8, 4) is 0 Å². The number of ether oxygens (including phenoxy) is 1. The minimum Gasteiger partial charge on any atom is -0.341 e. The number of anilines is 2. The first-order valence-corrected chi connectivity index (χ1v) is 7.27. The van der Waals surface area contributed by atoms with Crippen molar-refractivity contribution in [3.63, 3.8) is 0 Å². The van der Waals surface area contributed by atoms with E-state index in [1.165, 1.54) is 5.56 Å². The molecule has 2 unspecified atom stereocenters. The predicted octanol–water partition coefficient (Wildman–Crippen LogP) is 3.23. The molecule has 1 aromatic heterocycles. The van der Waals surface area contributed by atoms with Crippen molar-refractivity contribution in [3.05, 3.63) is 35.5 Å². The molecular formula is C15H20N4O2. The standard InChI is InChI=1S/C15H20N4O2/c1-4-5-13-18-14(21-19-13)10(3)20-15-16-11-7-6-9(2)8-12(11)17-15/h6-8,10,15-17H,4-5H2,1-3H3. The SMILES string of the molecule is CCCc1noc(C(C)OC2Nc3ccc(C)cc3N2)n1. The monoisotopic (exact) mass is 288 g/mol. The van der Waals surface area contributed by atoms with E-state index in [0.29, 0.717) is 5.89 Å². The largest absolute Gasteiger partial charge is 0.341 e. The van der Waals surface area contributed by atoms with Crippen LogP contribution in [0.5, 0.6) is 0 Å². The lowest BCUT2D eigenvalue weighted by atomic mass is 10.2. The molecule has 0 fully saturated rings. The fourth-order valence-corrected chi connectivity index (χ4v) is 2.31. The highest BCUT2D eigenvalue weighted by molar-refractivity contribution is 5.74. The molecule has 0 amide bonds. The van der Waals surface area contributed by atoms with Crippen molar-refractivity contribution in [1.82, 2.24) is 10.1 Å². The molecular weight excluding hydrogens is 268 g/mol. The number of benzene rings is 1. The summed E-state index contributed by atoms with van der Waals surface area (Å²) in [6.45, 7) is 6.05. The fourth-order valence-electron chi connectivity index (χ4n) is 2.31. The van der Waals surface area contributed by atoms with E-state index in [1.54, 1.807) is 0 Å². The molecule has 3 rings (SSSR count). The summed E-state index contributed by atoms with van der Waals surface area (Å²) >= 11 is 0. The number of fused-ring (bicyclic) bond motifs is 1. The van der Waals surface area contributed by atoms with E-state index in [1.807, 2.05) is 13.0 Å². The van der Waals surface area contributed by atoms with Crippen LogP contribution in [0.2, 0.25) is 0 Å². The van der Waals surface area contributed by atoms with Crippen LogP contribution in [0.4, 0.5) is 11.4 Å². The molecule has 0 saturated carbocycles. The second kappa shape index (κ2) is 5.73. The summed E-state index contributed by atoms with van der Waals surface area (Å²) in [7, 11) is 0. The van der Waals surface area contributed by atoms with Gasteiger partial charge in [-0.05, 0) is 38.0 Å². The zero-order valence-electron chi connectivity index (χ0n) is 12.5. The Hall–Kier alpha value is -2.08. The number of hydrogen-bond donors (Lipinski definition) is 2. The molecule has 1 aliphatic heterocycles. The lowest BCUT2D eigenvalue weighted by molar-refractivity contribution is 0.0112. The fraction of sp³-hybridized carbons (Fsp3) is 0.467. The molecule has 0 aliphatic carbocycles. The number of nitrogens with one attached hydrogen (secondary N) is 2. The van der Waals surface area contributed by atoms with Crippen LogP contribution >= 0.6 is 0 Å². The van der Waals surface area contributed by atoms with Gasteiger partial charge < -0.3 is 19.9 Å². The lowest BCUT2D eigenvalue weighted by Crippen LogP contribution is -2.27. The first-order valence-electron chi connectivity index (χ1n) is 7.27. The highest BCUT2D eigenvalue weighted by atomic mass is 16.5. The maximum absolute atomic E-state index is 5.89. The molecule has 2 atom stereocenters. The molecule has 112 valence electrons. The molecule has 2 N–H and O–H groups in total. The van der Waals surface area contributed by atoms with Crippen LogP contribution in [0.1, 0.15) is 43.7 Å². The van der Waals surface area contributed by atoms with Gasteiger partial charge in [0, 0.05) is 6.42 Å². The molecule has 1 aliphatic rings. The summed E-state index contributed by atoms with van der Waals surface area (Å²) in [6.07, 6.45) is 1.25. The van der Waals surface area contributed by atoms with Crippen molar-refractivity contribution in [1.29, 1.82) is 0 Å². The maximum atomic E-state index is 5.89. The van der Waals surface area contributed by atoms with Gasteiger partial charge in [-0.2, -0.15) is 4.98 Å². The zero-order valence-corrected chi connectivity index (χ0v) is 12.5. The Morgan fingerprint density at radius 2 is 2.14 bits per heavy atom. The number of nitrogens with zero attached hydrogens (tertiary/aromatic N) is 2. The average molecular weight is 288 g/mol. The zero-order chi connectivity index (χ0) is 14.8. The molecule has 6 heteroatoms. The first kappa shape index (κ1) is 13.9. The maximum Gasteiger partial charge on any atom is 0.255 e. The summed E-state index contributed by atoms with van der Waals surface area (Å²) in [5.74, 6) is 1.24. The van der Waals surface area contributed by atoms with Gasteiger partial charge in [0.15, 0.2) is 5.82 Å². The van der Waals surface area contributed by atoms with Gasteiger partial charge in [-0.15, -0.1) is 0 Å². The van der Waals surface area contributed by atoms with E-state index < -0.39 is 0 Å². The van der Waals surface area contributed by atoms with E-state index in [2.05, 4.69) is 46.8 Å². The molecule has 0 bridgehead atoms. The summed E-state index contributed by atoms with van der Waals surface area (Å²) in [5.41, 5.74) is 3.29. The van der Waals surface area contributed by atoms with Crippen molar-refractivity contribution >= 4 is 11.4 Å². The minimum absolute atomic E-state index is 0.275.